The van der Waals surface area contributed by atoms with Crippen molar-refractivity contribution in [1.29, 1.82) is 0 Å². The zero-order valence-corrected chi connectivity index (χ0v) is 17.8. The van der Waals surface area contributed by atoms with Crippen LogP contribution in [0.4, 0.5) is 0 Å². The van der Waals surface area contributed by atoms with E-state index < -0.39 is 0 Å². The Morgan fingerprint density at radius 3 is 1.46 bits per heavy atom. The second-order valence-electron chi connectivity index (χ2n) is 7.92. The Morgan fingerprint density at radius 1 is 0.654 bits per heavy atom. The van der Waals surface area contributed by atoms with Crippen molar-refractivity contribution >= 4 is 5.91 Å². The molecule has 2 nitrogen and oxygen atoms in total. The molecule has 0 aromatic carbocycles. The van der Waals surface area contributed by atoms with E-state index in [0.29, 0.717) is 6.42 Å². The third-order valence-corrected chi connectivity index (χ3v) is 5.18. The number of carbonyl (C=O) groups excluding carboxylic acids is 1. The van der Waals surface area contributed by atoms with Crippen LogP contribution in [0.15, 0.2) is 12.2 Å². The van der Waals surface area contributed by atoms with Crippen molar-refractivity contribution in [1.82, 2.24) is 0 Å². The van der Waals surface area contributed by atoms with Crippen LogP contribution >= 0.6 is 0 Å². The van der Waals surface area contributed by atoms with Gasteiger partial charge in [0.2, 0.25) is 5.91 Å². The molecule has 0 bridgehead atoms. The Bertz CT molecular complexity index is 296. The van der Waals surface area contributed by atoms with Gasteiger partial charge >= 0.3 is 0 Å². The SMILES string of the molecule is C1CCCCC1.CCCCCCCC/C=C\CCCCCCCC(N)=O. The summed E-state index contributed by atoms with van der Waals surface area (Å²) in [5.41, 5.74) is 5.10. The molecule has 0 atom stereocenters. The Morgan fingerprint density at radius 2 is 1.04 bits per heavy atom. The van der Waals surface area contributed by atoms with E-state index in [-0.39, 0.29) is 5.91 Å². The predicted molar refractivity (Wildman–Crippen MR) is 116 cm³/mol. The van der Waals surface area contributed by atoms with Crippen LogP contribution in [-0.2, 0) is 4.79 Å². The first kappa shape index (κ1) is 25.2. The molecule has 0 aliphatic heterocycles. The van der Waals surface area contributed by atoms with Crippen LogP contribution < -0.4 is 5.73 Å². The summed E-state index contributed by atoms with van der Waals surface area (Å²) in [7, 11) is 0. The van der Waals surface area contributed by atoms with Crippen molar-refractivity contribution in [3.05, 3.63) is 12.2 Å². The second-order valence-corrected chi connectivity index (χ2v) is 7.92. The van der Waals surface area contributed by atoms with Gasteiger partial charge < -0.3 is 5.73 Å². The Hall–Kier alpha value is -0.790. The van der Waals surface area contributed by atoms with Crippen molar-refractivity contribution in [2.75, 3.05) is 0 Å². The first-order valence-corrected chi connectivity index (χ1v) is 11.7. The van der Waals surface area contributed by atoms with Gasteiger partial charge in [-0.2, -0.15) is 0 Å². The number of rotatable bonds is 15. The number of nitrogens with two attached hydrogens (primary N) is 1. The molecule has 26 heavy (non-hydrogen) atoms. The van der Waals surface area contributed by atoms with Crippen LogP contribution in [0.3, 0.4) is 0 Å². The summed E-state index contributed by atoms with van der Waals surface area (Å²) in [6.45, 7) is 2.26. The lowest BCUT2D eigenvalue weighted by atomic mass is 10.0. The number of amides is 1. The van der Waals surface area contributed by atoms with Gasteiger partial charge in [0.15, 0.2) is 0 Å². The minimum Gasteiger partial charge on any atom is -0.370 e. The highest BCUT2D eigenvalue weighted by molar-refractivity contribution is 5.73. The van der Waals surface area contributed by atoms with E-state index >= 15 is 0 Å². The fraction of sp³-hybridized carbons (Fsp3) is 0.875. The molecule has 1 aliphatic rings. The van der Waals surface area contributed by atoms with E-state index in [9.17, 15) is 4.79 Å². The molecule has 1 fully saturated rings. The van der Waals surface area contributed by atoms with Gasteiger partial charge in [-0.05, 0) is 32.1 Å². The van der Waals surface area contributed by atoms with Crippen LogP contribution in [0.1, 0.15) is 135 Å². The maximum Gasteiger partial charge on any atom is 0.217 e. The lowest BCUT2D eigenvalue weighted by Gasteiger charge is -2.05. The van der Waals surface area contributed by atoms with E-state index in [1.54, 1.807) is 0 Å². The third kappa shape index (κ3) is 23.2. The molecule has 154 valence electrons. The van der Waals surface area contributed by atoms with Crippen molar-refractivity contribution in [3.8, 4) is 0 Å². The number of primary amides is 1. The van der Waals surface area contributed by atoms with Crippen LogP contribution in [0.25, 0.3) is 0 Å². The average molecular weight is 366 g/mol. The van der Waals surface area contributed by atoms with E-state index in [0.717, 1.165) is 12.8 Å². The standard InChI is InChI=1S/C18H35NO.C6H12/c1-2-3-4-5-6-7-8-9-10-11-12-13-14-15-16-17-18(19)20;1-2-4-6-5-3-1/h9-10H,2-8,11-17H2,1H3,(H2,19,20);1-6H2/b10-9-;. The maximum atomic E-state index is 10.5. The summed E-state index contributed by atoms with van der Waals surface area (Å²) in [6.07, 6.45) is 30.9. The Kier molecular flexibility index (Phi) is 21.6. The lowest BCUT2D eigenvalue weighted by Crippen LogP contribution is -2.09. The molecule has 2 heteroatoms. The van der Waals surface area contributed by atoms with Gasteiger partial charge in [-0.1, -0.05) is 109 Å². The molecule has 0 aromatic rings. The quantitative estimate of drug-likeness (QED) is 0.233. The Balaban J connectivity index is 0.000000867. The molecule has 0 aromatic heterocycles. The molecule has 2 N–H and O–H groups in total. The van der Waals surface area contributed by atoms with E-state index in [1.807, 2.05) is 0 Å². The molecule has 0 spiro atoms. The number of carbonyl (C=O) groups is 1. The minimum atomic E-state index is -0.164. The second kappa shape index (κ2) is 22.3. The number of hydrogen-bond donors (Lipinski definition) is 1. The Labute approximate surface area is 164 Å². The smallest absolute Gasteiger partial charge is 0.217 e. The first-order valence-electron chi connectivity index (χ1n) is 11.7. The molecule has 1 aliphatic carbocycles. The molecule has 0 saturated heterocycles. The van der Waals surface area contributed by atoms with Crippen LogP contribution in [-0.4, -0.2) is 5.91 Å². The summed E-state index contributed by atoms with van der Waals surface area (Å²) in [5, 5.41) is 0. The van der Waals surface area contributed by atoms with Gasteiger partial charge in [-0.25, -0.2) is 0 Å². The topological polar surface area (TPSA) is 43.1 Å². The monoisotopic (exact) mass is 365 g/mol. The summed E-state index contributed by atoms with van der Waals surface area (Å²) in [4.78, 5) is 10.5. The molecule has 0 unspecified atom stereocenters. The maximum absolute atomic E-state index is 10.5. The van der Waals surface area contributed by atoms with Gasteiger partial charge in [0.25, 0.3) is 0 Å². The highest BCUT2D eigenvalue weighted by atomic mass is 16.1. The molecule has 1 amide bonds. The molecular formula is C24H47NO. The van der Waals surface area contributed by atoms with Crippen molar-refractivity contribution in [2.24, 2.45) is 5.73 Å². The fourth-order valence-corrected chi connectivity index (χ4v) is 3.43. The average Bonchev–Trinajstić information content (AvgIpc) is 2.66. The van der Waals surface area contributed by atoms with Crippen molar-refractivity contribution in [2.45, 2.75) is 135 Å². The summed E-state index contributed by atoms with van der Waals surface area (Å²) < 4.78 is 0. The number of unbranched alkanes of at least 4 members (excludes halogenated alkanes) is 11. The summed E-state index contributed by atoms with van der Waals surface area (Å²) in [6, 6.07) is 0. The fourth-order valence-electron chi connectivity index (χ4n) is 3.43. The summed E-state index contributed by atoms with van der Waals surface area (Å²) in [5.74, 6) is -0.164. The first-order chi connectivity index (χ1) is 12.8. The number of hydrogen-bond acceptors (Lipinski definition) is 1. The normalized spacial score (nSPS) is 14.2. The zero-order chi connectivity index (χ0) is 19.1. The van der Waals surface area contributed by atoms with Gasteiger partial charge in [0.1, 0.15) is 0 Å². The van der Waals surface area contributed by atoms with Crippen LogP contribution in [0.2, 0.25) is 0 Å². The third-order valence-electron chi connectivity index (χ3n) is 5.18. The molecule has 0 heterocycles. The van der Waals surface area contributed by atoms with E-state index in [4.69, 9.17) is 5.73 Å². The summed E-state index contributed by atoms with van der Waals surface area (Å²) >= 11 is 0. The van der Waals surface area contributed by atoms with Crippen LogP contribution in [0, 0.1) is 0 Å². The molecular weight excluding hydrogens is 318 g/mol. The highest BCUT2D eigenvalue weighted by Crippen LogP contribution is 2.15. The molecule has 1 rings (SSSR count). The molecule has 0 radical (unpaired) electrons. The largest absolute Gasteiger partial charge is 0.370 e. The van der Waals surface area contributed by atoms with Gasteiger partial charge in [0.05, 0.1) is 0 Å². The van der Waals surface area contributed by atoms with E-state index in [1.165, 1.54) is 109 Å². The number of allylic oxidation sites excluding steroid dienone is 2. The lowest BCUT2D eigenvalue weighted by molar-refractivity contribution is -0.118. The predicted octanol–water partition coefficient (Wildman–Crippen LogP) is 7.85. The minimum absolute atomic E-state index is 0.164. The van der Waals surface area contributed by atoms with Crippen molar-refractivity contribution < 1.29 is 4.79 Å². The van der Waals surface area contributed by atoms with Gasteiger partial charge in [0, 0.05) is 6.42 Å². The van der Waals surface area contributed by atoms with Crippen LogP contribution in [0.5, 0.6) is 0 Å². The molecule has 1 saturated carbocycles. The van der Waals surface area contributed by atoms with Crippen molar-refractivity contribution in [3.63, 3.8) is 0 Å². The van der Waals surface area contributed by atoms with Gasteiger partial charge in [-0.15, -0.1) is 0 Å². The van der Waals surface area contributed by atoms with E-state index in [2.05, 4.69) is 19.1 Å². The zero-order valence-electron chi connectivity index (χ0n) is 17.8. The highest BCUT2D eigenvalue weighted by Gasteiger charge is 1.96. The van der Waals surface area contributed by atoms with Gasteiger partial charge in [-0.3, -0.25) is 4.79 Å².